The normalized spacial score (nSPS) is 11.1. The third kappa shape index (κ3) is 4.38. The molecule has 0 aliphatic carbocycles. The summed E-state index contributed by atoms with van der Waals surface area (Å²) in [6, 6.07) is 13.5. The number of nitrogens with zero attached hydrogens (tertiary/aromatic N) is 2. The molecule has 0 aliphatic heterocycles. The molecule has 0 spiro atoms. The predicted molar refractivity (Wildman–Crippen MR) is 112 cm³/mol. The molecular weight excluding hydrogens is 392 g/mol. The third-order valence-electron chi connectivity index (χ3n) is 4.62. The third-order valence-corrected chi connectivity index (χ3v) is 4.93. The van der Waals surface area contributed by atoms with Crippen molar-refractivity contribution in [2.75, 3.05) is 0 Å². The molecule has 0 bridgehead atoms. The van der Waals surface area contributed by atoms with Gasteiger partial charge >= 0.3 is 11.9 Å². The van der Waals surface area contributed by atoms with E-state index in [0.717, 1.165) is 28.2 Å². The lowest BCUT2D eigenvalue weighted by molar-refractivity contribution is 0.0686. The Morgan fingerprint density at radius 3 is 2.31 bits per heavy atom. The first-order chi connectivity index (χ1) is 13.8. The minimum Gasteiger partial charge on any atom is -0.478 e. The minimum absolute atomic E-state index is 0.0635. The van der Waals surface area contributed by atoms with Gasteiger partial charge in [0.1, 0.15) is 0 Å². The van der Waals surface area contributed by atoms with E-state index in [1.165, 1.54) is 6.07 Å². The Kier molecular flexibility index (Phi) is 5.84. The number of aliphatic imine (C=N–C) groups is 1. The lowest BCUT2D eigenvalue weighted by Crippen LogP contribution is -2.02. The van der Waals surface area contributed by atoms with Gasteiger partial charge in [-0.15, -0.1) is 0 Å². The van der Waals surface area contributed by atoms with Crippen LogP contribution in [0.15, 0.2) is 53.5 Å². The van der Waals surface area contributed by atoms with Gasteiger partial charge in [-0.3, -0.25) is 4.99 Å². The van der Waals surface area contributed by atoms with Crippen molar-refractivity contribution in [1.82, 2.24) is 4.57 Å². The van der Waals surface area contributed by atoms with Crippen molar-refractivity contribution >= 4 is 29.8 Å². The Balaban J connectivity index is 1.82. The second-order valence-corrected chi connectivity index (χ2v) is 7.01. The van der Waals surface area contributed by atoms with E-state index in [1.54, 1.807) is 42.6 Å². The fourth-order valence-corrected chi connectivity index (χ4v) is 3.39. The molecule has 3 rings (SSSR count). The largest absolute Gasteiger partial charge is 0.478 e. The number of aryl methyl sites for hydroxylation is 1. The molecule has 0 aliphatic rings. The number of carbonyl (C=O) groups is 2. The Labute approximate surface area is 172 Å². The molecule has 0 atom stereocenters. The monoisotopic (exact) mass is 410 g/mol. The minimum atomic E-state index is -1.06. The maximum atomic E-state index is 11.2. The zero-order chi connectivity index (χ0) is 21.1. The van der Waals surface area contributed by atoms with E-state index in [0.29, 0.717) is 6.54 Å². The van der Waals surface area contributed by atoms with Gasteiger partial charge in [0.15, 0.2) is 0 Å². The van der Waals surface area contributed by atoms with Gasteiger partial charge in [-0.2, -0.15) is 0 Å². The summed E-state index contributed by atoms with van der Waals surface area (Å²) >= 11 is 6.11. The van der Waals surface area contributed by atoms with Crippen LogP contribution in [0.1, 0.15) is 43.2 Å². The van der Waals surface area contributed by atoms with Crippen molar-refractivity contribution in [3.05, 3.63) is 87.2 Å². The SMILES string of the molecule is Cc1cc(C=NCc2ccc(C(=O)O)cc2)c(C)n1-c1ccc(C(=O)O)c(Cl)c1. The molecule has 2 aromatic carbocycles. The van der Waals surface area contributed by atoms with E-state index in [-0.39, 0.29) is 16.1 Å². The molecule has 0 saturated carbocycles. The summed E-state index contributed by atoms with van der Waals surface area (Å²) in [4.78, 5) is 26.5. The Bertz CT molecular complexity index is 1110. The van der Waals surface area contributed by atoms with Gasteiger partial charge in [0.25, 0.3) is 0 Å². The highest BCUT2D eigenvalue weighted by Crippen LogP contribution is 2.25. The standard InChI is InChI=1S/C22H19ClN2O4/c1-13-9-17(12-24-11-15-3-5-16(6-4-15)21(26)27)14(2)25(13)18-7-8-19(22(28)29)20(23)10-18/h3-10,12H,11H2,1-2H3,(H,26,27)(H,28,29). The number of carboxylic acids is 2. The van der Waals surface area contributed by atoms with Gasteiger partial charge in [-0.05, 0) is 55.8 Å². The van der Waals surface area contributed by atoms with E-state index in [2.05, 4.69) is 4.99 Å². The topological polar surface area (TPSA) is 91.9 Å². The van der Waals surface area contributed by atoms with E-state index in [9.17, 15) is 9.59 Å². The van der Waals surface area contributed by atoms with Crippen LogP contribution in [0.4, 0.5) is 0 Å². The number of hydrogen-bond donors (Lipinski definition) is 2. The van der Waals surface area contributed by atoms with Crippen LogP contribution in [-0.4, -0.2) is 32.9 Å². The van der Waals surface area contributed by atoms with E-state index in [4.69, 9.17) is 21.8 Å². The average molecular weight is 411 g/mol. The first-order valence-corrected chi connectivity index (χ1v) is 9.20. The maximum absolute atomic E-state index is 11.2. The molecule has 148 valence electrons. The Hall–Kier alpha value is -3.38. The predicted octanol–water partition coefficient (Wildman–Crippen LogP) is 4.76. The van der Waals surface area contributed by atoms with Crippen LogP contribution in [0.25, 0.3) is 5.69 Å². The van der Waals surface area contributed by atoms with Crippen molar-refractivity contribution in [3.63, 3.8) is 0 Å². The molecule has 6 nitrogen and oxygen atoms in total. The Morgan fingerprint density at radius 2 is 1.72 bits per heavy atom. The summed E-state index contributed by atoms with van der Waals surface area (Å²) in [6.45, 7) is 4.34. The molecule has 1 aromatic heterocycles. The summed E-state index contributed by atoms with van der Waals surface area (Å²) in [5.74, 6) is -2.02. The van der Waals surface area contributed by atoms with Crippen molar-refractivity contribution < 1.29 is 19.8 Å². The molecule has 0 fully saturated rings. The zero-order valence-corrected chi connectivity index (χ0v) is 16.6. The van der Waals surface area contributed by atoms with Crippen LogP contribution in [-0.2, 0) is 6.54 Å². The number of carboxylic acid groups (broad SMARTS) is 2. The number of rotatable bonds is 6. The van der Waals surface area contributed by atoms with Gasteiger partial charge in [-0.1, -0.05) is 23.7 Å². The molecule has 0 saturated heterocycles. The highest BCUT2D eigenvalue weighted by Gasteiger charge is 2.13. The number of aromatic nitrogens is 1. The number of aromatic carboxylic acids is 2. The number of halogens is 1. The van der Waals surface area contributed by atoms with E-state index >= 15 is 0 Å². The fraction of sp³-hybridized carbons (Fsp3) is 0.136. The van der Waals surface area contributed by atoms with Gasteiger partial charge in [0.2, 0.25) is 0 Å². The van der Waals surface area contributed by atoms with Crippen LogP contribution >= 0.6 is 11.6 Å². The molecule has 0 radical (unpaired) electrons. The van der Waals surface area contributed by atoms with Crippen LogP contribution < -0.4 is 0 Å². The van der Waals surface area contributed by atoms with Crippen LogP contribution in [0, 0.1) is 13.8 Å². The molecule has 1 heterocycles. The lowest BCUT2D eigenvalue weighted by atomic mass is 10.1. The Morgan fingerprint density at radius 1 is 1.03 bits per heavy atom. The van der Waals surface area contributed by atoms with Crippen molar-refractivity contribution in [3.8, 4) is 5.69 Å². The van der Waals surface area contributed by atoms with Gasteiger partial charge in [0, 0.05) is 28.9 Å². The van der Waals surface area contributed by atoms with Gasteiger partial charge < -0.3 is 14.8 Å². The number of benzene rings is 2. The van der Waals surface area contributed by atoms with E-state index < -0.39 is 11.9 Å². The number of hydrogen-bond acceptors (Lipinski definition) is 3. The van der Waals surface area contributed by atoms with Crippen molar-refractivity contribution in [2.45, 2.75) is 20.4 Å². The summed E-state index contributed by atoms with van der Waals surface area (Å²) in [5, 5.41) is 18.3. The van der Waals surface area contributed by atoms with E-state index in [1.807, 2.05) is 24.5 Å². The van der Waals surface area contributed by atoms with Crippen LogP contribution in [0.2, 0.25) is 5.02 Å². The summed E-state index contributed by atoms with van der Waals surface area (Å²) in [7, 11) is 0. The lowest BCUT2D eigenvalue weighted by Gasteiger charge is -2.11. The second kappa shape index (κ2) is 8.32. The molecule has 7 heteroatoms. The van der Waals surface area contributed by atoms with Crippen molar-refractivity contribution in [1.29, 1.82) is 0 Å². The second-order valence-electron chi connectivity index (χ2n) is 6.60. The smallest absolute Gasteiger partial charge is 0.337 e. The first-order valence-electron chi connectivity index (χ1n) is 8.82. The summed E-state index contributed by atoms with van der Waals surface area (Å²) < 4.78 is 1.99. The van der Waals surface area contributed by atoms with Crippen LogP contribution in [0.3, 0.4) is 0 Å². The summed E-state index contributed by atoms with van der Waals surface area (Å²) in [5.41, 5.74) is 4.85. The molecule has 2 N–H and O–H groups in total. The molecule has 0 unspecified atom stereocenters. The fourth-order valence-electron chi connectivity index (χ4n) is 3.13. The molecule has 29 heavy (non-hydrogen) atoms. The zero-order valence-electron chi connectivity index (χ0n) is 15.9. The van der Waals surface area contributed by atoms with Gasteiger partial charge in [-0.25, -0.2) is 9.59 Å². The highest BCUT2D eigenvalue weighted by molar-refractivity contribution is 6.33. The first kappa shape index (κ1) is 20.4. The van der Waals surface area contributed by atoms with Crippen LogP contribution in [0.5, 0.6) is 0 Å². The quantitative estimate of drug-likeness (QED) is 0.573. The molecule has 3 aromatic rings. The highest BCUT2D eigenvalue weighted by atomic mass is 35.5. The molecule has 0 amide bonds. The maximum Gasteiger partial charge on any atom is 0.337 e. The molecular formula is C22H19ClN2O4. The summed E-state index contributed by atoms with van der Waals surface area (Å²) in [6.07, 6.45) is 1.77. The van der Waals surface area contributed by atoms with Gasteiger partial charge in [0.05, 0.1) is 22.7 Å². The van der Waals surface area contributed by atoms with Crippen molar-refractivity contribution in [2.24, 2.45) is 4.99 Å². The average Bonchev–Trinajstić information content (AvgIpc) is 2.95.